The van der Waals surface area contributed by atoms with Crippen LogP contribution in [-0.2, 0) is 0 Å². The molecule has 0 bridgehead atoms. The molecule has 0 aromatic heterocycles. The Hall–Kier alpha value is -4.50. The van der Waals surface area contributed by atoms with E-state index in [0.717, 1.165) is 39.3 Å². The van der Waals surface area contributed by atoms with Gasteiger partial charge >= 0.3 is 0 Å². The molecule has 3 nitrogen and oxygen atoms in total. The van der Waals surface area contributed by atoms with Crippen LogP contribution in [0.3, 0.4) is 0 Å². The Labute approximate surface area is 226 Å². The van der Waals surface area contributed by atoms with E-state index in [4.69, 9.17) is 17.2 Å². The van der Waals surface area contributed by atoms with E-state index in [-0.39, 0.29) is 11.8 Å². The van der Waals surface area contributed by atoms with Gasteiger partial charge in [0.2, 0.25) is 0 Å². The van der Waals surface area contributed by atoms with E-state index < -0.39 is 0 Å². The highest BCUT2D eigenvalue weighted by Crippen LogP contribution is 2.41. The topological polar surface area (TPSA) is 78.1 Å². The highest BCUT2D eigenvalue weighted by Gasteiger charge is 2.25. The van der Waals surface area contributed by atoms with Crippen LogP contribution in [0, 0.1) is 20.8 Å². The van der Waals surface area contributed by atoms with Crippen molar-refractivity contribution in [2.45, 2.75) is 32.6 Å². The zero-order valence-corrected chi connectivity index (χ0v) is 22.3. The van der Waals surface area contributed by atoms with E-state index in [1.807, 2.05) is 12.1 Å². The van der Waals surface area contributed by atoms with Gasteiger partial charge in [-0.15, -0.1) is 0 Å². The van der Waals surface area contributed by atoms with Crippen LogP contribution < -0.4 is 17.2 Å². The third-order valence-electron chi connectivity index (χ3n) is 7.61. The number of anilines is 3. The molecule has 0 heterocycles. The molecule has 0 spiro atoms. The molecule has 0 fully saturated rings. The van der Waals surface area contributed by atoms with E-state index in [0.29, 0.717) is 0 Å². The Bertz CT molecular complexity index is 1570. The molecule has 5 aromatic rings. The maximum absolute atomic E-state index is 6.88. The molecule has 0 saturated heterocycles. The van der Waals surface area contributed by atoms with E-state index in [2.05, 4.69) is 118 Å². The second kappa shape index (κ2) is 10.5. The lowest BCUT2D eigenvalue weighted by Crippen LogP contribution is -2.12. The maximum atomic E-state index is 6.88. The summed E-state index contributed by atoms with van der Waals surface area (Å²) in [4.78, 5) is 0. The summed E-state index contributed by atoms with van der Waals surface area (Å²) in [5.41, 5.74) is 32.0. The lowest BCUT2D eigenvalue weighted by atomic mass is 9.78. The number of aryl methyl sites for hydroxylation is 3. The standard InChI is InChI=1S/C35H35N3/c1-22-18-27(14-16-31(22)36)33(25-10-6-4-7-11-25)29-20-24(3)35(38)30(21-29)34(26-12-8-5-9-13-26)28-15-17-32(37)23(2)19-28/h4-21,33-34H,36-38H2,1-3H3. The molecule has 0 saturated carbocycles. The van der Waals surface area contributed by atoms with Gasteiger partial charge in [0.15, 0.2) is 0 Å². The third kappa shape index (κ3) is 4.88. The zero-order chi connectivity index (χ0) is 26.8. The van der Waals surface area contributed by atoms with E-state index in [1.54, 1.807) is 0 Å². The molecular formula is C35H35N3. The van der Waals surface area contributed by atoms with E-state index in [1.165, 1.54) is 27.8 Å². The average Bonchev–Trinajstić information content (AvgIpc) is 2.92. The van der Waals surface area contributed by atoms with Crippen molar-refractivity contribution in [3.05, 3.63) is 159 Å². The van der Waals surface area contributed by atoms with Crippen molar-refractivity contribution in [1.82, 2.24) is 0 Å². The summed E-state index contributed by atoms with van der Waals surface area (Å²) in [6, 6.07) is 38.4. The predicted octanol–water partition coefficient (Wildman–Crippen LogP) is 7.72. The number of benzene rings is 5. The van der Waals surface area contributed by atoms with Gasteiger partial charge in [-0.1, -0.05) is 97.1 Å². The van der Waals surface area contributed by atoms with Crippen molar-refractivity contribution in [3.8, 4) is 0 Å². The van der Waals surface area contributed by atoms with Gasteiger partial charge in [0.05, 0.1) is 0 Å². The normalized spacial score (nSPS) is 12.7. The Morgan fingerprint density at radius 1 is 0.421 bits per heavy atom. The van der Waals surface area contributed by atoms with Gasteiger partial charge in [0, 0.05) is 28.9 Å². The van der Waals surface area contributed by atoms with Gasteiger partial charge in [-0.25, -0.2) is 0 Å². The summed E-state index contributed by atoms with van der Waals surface area (Å²) in [6.45, 7) is 6.23. The van der Waals surface area contributed by atoms with Crippen LogP contribution in [0.25, 0.3) is 0 Å². The Morgan fingerprint density at radius 2 is 0.868 bits per heavy atom. The van der Waals surface area contributed by atoms with Gasteiger partial charge in [0.25, 0.3) is 0 Å². The lowest BCUT2D eigenvalue weighted by molar-refractivity contribution is 0.936. The highest BCUT2D eigenvalue weighted by molar-refractivity contribution is 5.64. The Balaban J connectivity index is 1.75. The van der Waals surface area contributed by atoms with Crippen molar-refractivity contribution in [2.24, 2.45) is 0 Å². The molecule has 3 heteroatoms. The second-order valence-corrected chi connectivity index (χ2v) is 10.3. The summed E-state index contributed by atoms with van der Waals surface area (Å²) in [5, 5.41) is 0. The quantitative estimate of drug-likeness (QED) is 0.166. The maximum Gasteiger partial charge on any atom is 0.0386 e. The van der Waals surface area contributed by atoms with Crippen LogP contribution in [0.4, 0.5) is 17.1 Å². The minimum Gasteiger partial charge on any atom is -0.399 e. The third-order valence-corrected chi connectivity index (χ3v) is 7.61. The van der Waals surface area contributed by atoms with Gasteiger partial charge in [-0.05, 0) is 83.0 Å². The summed E-state index contributed by atoms with van der Waals surface area (Å²) >= 11 is 0. The Kier molecular flexibility index (Phi) is 6.93. The first-order chi connectivity index (χ1) is 18.3. The molecule has 6 N–H and O–H groups in total. The predicted molar refractivity (Wildman–Crippen MR) is 162 cm³/mol. The minimum atomic E-state index is -0.0290. The average molecular weight is 498 g/mol. The largest absolute Gasteiger partial charge is 0.399 e. The smallest absolute Gasteiger partial charge is 0.0386 e. The van der Waals surface area contributed by atoms with E-state index in [9.17, 15) is 0 Å². The zero-order valence-electron chi connectivity index (χ0n) is 22.3. The minimum absolute atomic E-state index is 0.0290. The number of nitrogens with two attached hydrogens (primary N) is 3. The van der Waals surface area contributed by atoms with Gasteiger partial charge in [0.1, 0.15) is 0 Å². The fourth-order valence-corrected chi connectivity index (χ4v) is 5.44. The second-order valence-electron chi connectivity index (χ2n) is 10.3. The van der Waals surface area contributed by atoms with Gasteiger partial charge in [-0.2, -0.15) is 0 Å². The van der Waals surface area contributed by atoms with Crippen molar-refractivity contribution in [2.75, 3.05) is 17.2 Å². The summed E-state index contributed by atoms with van der Waals surface area (Å²) < 4.78 is 0. The molecule has 0 amide bonds. The fraction of sp³-hybridized carbons (Fsp3) is 0.143. The SMILES string of the molecule is Cc1cc(C(c2ccccc2)c2cc(C)c(N)c(C(c3ccccc3)c3ccc(N)c(C)c3)c2)ccc1N. The number of hydrogen-bond donors (Lipinski definition) is 3. The molecule has 190 valence electrons. The molecule has 5 aromatic carbocycles. The molecule has 2 unspecified atom stereocenters. The fourth-order valence-electron chi connectivity index (χ4n) is 5.44. The van der Waals surface area contributed by atoms with Gasteiger partial charge in [-0.3, -0.25) is 0 Å². The summed E-state index contributed by atoms with van der Waals surface area (Å²) in [5.74, 6) is 0.0110. The molecule has 0 radical (unpaired) electrons. The molecule has 0 aliphatic rings. The summed E-state index contributed by atoms with van der Waals surface area (Å²) in [6.07, 6.45) is 0. The number of hydrogen-bond acceptors (Lipinski definition) is 3. The molecule has 5 rings (SSSR count). The van der Waals surface area contributed by atoms with Gasteiger partial charge < -0.3 is 17.2 Å². The van der Waals surface area contributed by atoms with Crippen LogP contribution in [-0.4, -0.2) is 0 Å². The number of nitrogen functional groups attached to an aromatic ring is 3. The van der Waals surface area contributed by atoms with Crippen molar-refractivity contribution >= 4 is 17.1 Å². The van der Waals surface area contributed by atoms with Crippen LogP contribution in [0.5, 0.6) is 0 Å². The first kappa shape index (κ1) is 25.2. The van der Waals surface area contributed by atoms with Crippen LogP contribution in [0.15, 0.2) is 109 Å². The molecule has 0 aliphatic heterocycles. The highest BCUT2D eigenvalue weighted by atomic mass is 14.6. The first-order valence-electron chi connectivity index (χ1n) is 13.1. The van der Waals surface area contributed by atoms with E-state index >= 15 is 0 Å². The lowest BCUT2D eigenvalue weighted by Gasteiger charge is -2.26. The van der Waals surface area contributed by atoms with Crippen LogP contribution in [0.1, 0.15) is 61.9 Å². The number of rotatable bonds is 6. The first-order valence-corrected chi connectivity index (χ1v) is 13.1. The van der Waals surface area contributed by atoms with Crippen LogP contribution in [0.2, 0.25) is 0 Å². The Morgan fingerprint density at radius 3 is 1.37 bits per heavy atom. The van der Waals surface area contributed by atoms with Crippen molar-refractivity contribution < 1.29 is 0 Å². The van der Waals surface area contributed by atoms with Crippen LogP contribution >= 0.6 is 0 Å². The monoisotopic (exact) mass is 497 g/mol. The summed E-state index contributed by atoms with van der Waals surface area (Å²) in [7, 11) is 0. The molecule has 38 heavy (non-hydrogen) atoms. The van der Waals surface area contributed by atoms with Crippen molar-refractivity contribution in [1.29, 1.82) is 0 Å². The molecule has 2 atom stereocenters. The molecular weight excluding hydrogens is 462 g/mol. The van der Waals surface area contributed by atoms with Crippen molar-refractivity contribution in [3.63, 3.8) is 0 Å². The molecule has 0 aliphatic carbocycles.